The van der Waals surface area contributed by atoms with E-state index in [1.54, 1.807) is 10.1 Å². The fourth-order valence-corrected chi connectivity index (χ4v) is 1.97. The Morgan fingerprint density at radius 1 is 1.67 bits per heavy atom. The Morgan fingerprint density at radius 3 is 3.07 bits per heavy atom. The van der Waals surface area contributed by atoms with Crippen molar-refractivity contribution in [2.24, 2.45) is 7.05 Å². The van der Waals surface area contributed by atoms with Crippen LogP contribution in [0.1, 0.15) is 5.69 Å². The maximum absolute atomic E-state index is 10.5. The summed E-state index contributed by atoms with van der Waals surface area (Å²) in [5, 5.41) is 15.3. The highest BCUT2D eigenvalue weighted by molar-refractivity contribution is 7.13. The number of aliphatic carboxylic acids is 1. The van der Waals surface area contributed by atoms with Crippen molar-refractivity contribution in [1.82, 2.24) is 14.8 Å². The van der Waals surface area contributed by atoms with Crippen LogP contribution >= 0.6 is 11.3 Å². The van der Waals surface area contributed by atoms with Gasteiger partial charge in [-0.3, -0.25) is 9.48 Å². The molecule has 0 atom stereocenters. The summed E-state index contributed by atoms with van der Waals surface area (Å²) in [6, 6.07) is 1.85. The Labute approximate surface area is 90.0 Å². The van der Waals surface area contributed by atoms with Crippen molar-refractivity contribution in [3.05, 3.63) is 23.3 Å². The molecule has 0 saturated carbocycles. The van der Waals surface area contributed by atoms with E-state index in [0.717, 1.165) is 10.7 Å². The fraction of sp³-hybridized carbons (Fsp3) is 0.222. The summed E-state index contributed by atoms with van der Waals surface area (Å²) in [5.41, 5.74) is 1.35. The van der Waals surface area contributed by atoms with Gasteiger partial charge in [0.25, 0.3) is 0 Å². The van der Waals surface area contributed by atoms with Gasteiger partial charge in [-0.05, 0) is 6.07 Å². The number of carboxylic acid groups (broad SMARTS) is 1. The van der Waals surface area contributed by atoms with Crippen LogP contribution in [0.25, 0.3) is 10.7 Å². The Kier molecular flexibility index (Phi) is 2.51. The van der Waals surface area contributed by atoms with Gasteiger partial charge in [-0.25, -0.2) is 4.98 Å². The largest absolute Gasteiger partial charge is 0.481 e. The molecule has 0 aliphatic carbocycles. The van der Waals surface area contributed by atoms with Crippen molar-refractivity contribution in [3.8, 4) is 10.7 Å². The second kappa shape index (κ2) is 3.82. The van der Waals surface area contributed by atoms with Crippen molar-refractivity contribution in [2.75, 3.05) is 0 Å². The normalized spacial score (nSPS) is 10.5. The molecule has 5 nitrogen and oxygen atoms in total. The first-order valence-electron chi connectivity index (χ1n) is 4.31. The van der Waals surface area contributed by atoms with E-state index in [1.807, 2.05) is 19.3 Å². The third kappa shape index (κ3) is 2.21. The molecule has 0 fully saturated rings. The lowest BCUT2D eigenvalue weighted by Gasteiger charge is -1.89. The number of hydrogen-bond acceptors (Lipinski definition) is 4. The van der Waals surface area contributed by atoms with Crippen LogP contribution in [0.2, 0.25) is 0 Å². The highest BCUT2D eigenvalue weighted by Crippen LogP contribution is 2.21. The number of carboxylic acids is 1. The minimum absolute atomic E-state index is 0.0384. The van der Waals surface area contributed by atoms with E-state index >= 15 is 0 Å². The van der Waals surface area contributed by atoms with Crippen molar-refractivity contribution < 1.29 is 9.90 Å². The monoisotopic (exact) mass is 223 g/mol. The second-order valence-corrected chi connectivity index (χ2v) is 3.95. The number of aryl methyl sites for hydroxylation is 1. The van der Waals surface area contributed by atoms with Crippen LogP contribution in [0, 0.1) is 0 Å². The van der Waals surface area contributed by atoms with Crippen LogP contribution in [-0.4, -0.2) is 25.8 Å². The number of aromatic nitrogens is 3. The molecule has 0 radical (unpaired) electrons. The zero-order valence-electron chi connectivity index (χ0n) is 8.04. The summed E-state index contributed by atoms with van der Waals surface area (Å²) in [4.78, 5) is 14.7. The first kappa shape index (κ1) is 9.85. The molecule has 0 aliphatic rings. The van der Waals surface area contributed by atoms with E-state index in [4.69, 9.17) is 5.11 Å². The molecule has 0 aliphatic heterocycles. The van der Waals surface area contributed by atoms with E-state index in [9.17, 15) is 4.79 Å². The van der Waals surface area contributed by atoms with Gasteiger partial charge < -0.3 is 5.11 Å². The van der Waals surface area contributed by atoms with Crippen LogP contribution in [0.15, 0.2) is 17.6 Å². The molecule has 0 unspecified atom stereocenters. The molecule has 2 aromatic rings. The molecule has 2 heterocycles. The number of thiazole rings is 1. The minimum atomic E-state index is -0.868. The summed E-state index contributed by atoms with van der Waals surface area (Å²) in [7, 11) is 1.83. The summed E-state index contributed by atoms with van der Waals surface area (Å²) < 4.78 is 1.69. The van der Waals surface area contributed by atoms with Crippen LogP contribution in [0.3, 0.4) is 0 Å². The molecule has 0 spiro atoms. The van der Waals surface area contributed by atoms with E-state index < -0.39 is 5.97 Å². The zero-order chi connectivity index (χ0) is 10.8. The van der Waals surface area contributed by atoms with Gasteiger partial charge in [-0.1, -0.05) is 0 Å². The van der Waals surface area contributed by atoms with Gasteiger partial charge in [-0.15, -0.1) is 11.3 Å². The van der Waals surface area contributed by atoms with Crippen molar-refractivity contribution in [3.63, 3.8) is 0 Å². The van der Waals surface area contributed by atoms with Crippen LogP contribution < -0.4 is 0 Å². The zero-order valence-corrected chi connectivity index (χ0v) is 8.86. The molecular formula is C9H9N3O2S. The average molecular weight is 223 g/mol. The van der Waals surface area contributed by atoms with E-state index in [2.05, 4.69) is 10.1 Å². The maximum Gasteiger partial charge on any atom is 0.309 e. The van der Waals surface area contributed by atoms with Crippen LogP contribution in [0.5, 0.6) is 0 Å². The predicted octanol–water partition coefficient (Wildman–Crippen LogP) is 1.17. The SMILES string of the molecule is Cn1ccc(-c2nc(CC(=O)O)cs2)n1. The molecule has 0 amide bonds. The van der Waals surface area contributed by atoms with Crippen LogP contribution in [-0.2, 0) is 18.3 Å². The van der Waals surface area contributed by atoms with Crippen molar-refractivity contribution in [2.45, 2.75) is 6.42 Å². The van der Waals surface area contributed by atoms with Gasteiger partial charge in [0.2, 0.25) is 0 Å². The highest BCUT2D eigenvalue weighted by atomic mass is 32.1. The predicted molar refractivity (Wildman–Crippen MR) is 55.7 cm³/mol. The molecule has 0 saturated heterocycles. The summed E-state index contributed by atoms with van der Waals surface area (Å²) in [5.74, 6) is -0.868. The first-order valence-corrected chi connectivity index (χ1v) is 5.19. The van der Waals surface area contributed by atoms with Gasteiger partial charge in [0.05, 0.1) is 12.1 Å². The van der Waals surface area contributed by atoms with Gasteiger partial charge >= 0.3 is 5.97 Å². The highest BCUT2D eigenvalue weighted by Gasteiger charge is 2.09. The van der Waals surface area contributed by atoms with Crippen molar-refractivity contribution >= 4 is 17.3 Å². The molecule has 78 valence electrons. The molecule has 2 aromatic heterocycles. The maximum atomic E-state index is 10.5. The lowest BCUT2D eigenvalue weighted by molar-refractivity contribution is -0.136. The Balaban J connectivity index is 2.23. The smallest absolute Gasteiger partial charge is 0.309 e. The number of hydrogen-bond donors (Lipinski definition) is 1. The Hall–Kier alpha value is -1.69. The third-order valence-corrected chi connectivity index (χ3v) is 2.73. The van der Waals surface area contributed by atoms with Crippen LogP contribution in [0.4, 0.5) is 0 Å². The second-order valence-electron chi connectivity index (χ2n) is 3.09. The van der Waals surface area contributed by atoms with Gasteiger partial charge in [0.1, 0.15) is 10.7 Å². The van der Waals surface area contributed by atoms with Gasteiger partial charge in [0.15, 0.2) is 0 Å². The molecule has 0 aromatic carbocycles. The average Bonchev–Trinajstić information content (AvgIpc) is 2.72. The third-order valence-electron chi connectivity index (χ3n) is 1.82. The fourth-order valence-electron chi connectivity index (χ4n) is 1.19. The summed E-state index contributed by atoms with van der Waals surface area (Å²) in [6.07, 6.45) is 1.79. The van der Waals surface area contributed by atoms with E-state index in [-0.39, 0.29) is 6.42 Å². The number of nitrogens with zero attached hydrogens (tertiary/aromatic N) is 3. The molecule has 1 N–H and O–H groups in total. The molecular weight excluding hydrogens is 214 g/mol. The molecule has 6 heteroatoms. The number of rotatable bonds is 3. The topological polar surface area (TPSA) is 68.0 Å². The molecule has 15 heavy (non-hydrogen) atoms. The Bertz CT molecular complexity index is 489. The lowest BCUT2D eigenvalue weighted by atomic mass is 10.3. The summed E-state index contributed by atoms with van der Waals surface area (Å²) >= 11 is 1.41. The quantitative estimate of drug-likeness (QED) is 0.848. The Morgan fingerprint density at radius 2 is 2.47 bits per heavy atom. The minimum Gasteiger partial charge on any atom is -0.481 e. The van der Waals surface area contributed by atoms with E-state index in [0.29, 0.717) is 5.69 Å². The standard InChI is InChI=1S/C9H9N3O2S/c1-12-3-2-7(11-12)9-10-6(5-15-9)4-8(13)14/h2-3,5H,4H2,1H3,(H,13,14). The molecule has 0 bridgehead atoms. The summed E-state index contributed by atoms with van der Waals surface area (Å²) in [6.45, 7) is 0. The lowest BCUT2D eigenvalue weighted by Crippen LogP contribution is -1.99. The van der Waals surface area contributed by atoms with E-state index in [1.165, 1.54) is 11.3 Å². The first-order chi connectivity index (χ1) is 7.15. The van der Waals surface area contributed by atoms with Crippen molar-refractivity contribution in [1.29, 1.82) is 0 Å². The number of carbonyl (C=O) groups is 1. The van der Waals surface area contributed by atoms with Gasteiger partial charge in [0, 0.05) is 18.6 Å². The molecule has 2 rings (SSSR count). The van der Waals surface area contributed by atoms with Gasteiger partial charge in [-0.2, -0.15) is 5.10 Å².